The number of nitrogens with one attached hydrogen (secondary N) is 1. The molecule has 1 aliphatic rings. The van der Waals surface area contributed by atoms with Gasteiger partial charge in [-0.3, -0.25) is 4.79 Å². The summed E-state index contributed by atoms with van der Waals surface area (Å²) >= 11 is 5.86. The number of carbonyl (C=O) groups is 2. The fraction of sp³-hybridized carbons (Fsp3) is 0.250. The third-order valence-electron chi connectivity index (χ3n) is 4.25. The Balaban J connectivity index is 1.52. The molecule has 0 fully saturated rings. The lowest BCUT2D eigenvalue weighted by Crippen LogP contribution is -2.24. The molecule has 0 unspecified atom stereocenters. The number of fused-ring (bicyclic) bond motifs is 1. The predicted molar refractivity (Wildman–Crippen MR) is 106 cm³/mol. The summed E-state index contributed by atoms with van der Waals surface area (Å²) in [6.45, 7) is 0.657. The number of rotatable bonds is 5. The predicted octanol–water partition coefficient (Wildman–Crippen LogP) is 3.31. The number of nitrogens with zero attached hydrogens (tertiary/aromatic N) is 2. The van der Waals surface area contributed by atoms with Crippen LogP contribution in [0, 0.1) is 0 Å². The number of pyridine rings is 1. The molecule has 1 amide bonds. The van der Waals surface area contributed by atoms with Crippen LogP contribution in [0.4, 0.5) is 11.4 Å². The second-order valence-corrected chi connectivity index (χ2v) is 6.60. The van der Waals surface area contributed by atoms with Crippen LogP contribution in [0.15, 0.2) is 42.6 Å². The molecule has 140 valence electrons. The van der Waals surface area contributed by atoms with Crippen LogP contribution in [-0.4, -0.2) is 37.1 Å². The van der Waals surface area contributed by atoms with E-state index in [0.29, 0.717) is 5.69 Å². The van der Waals surface area contributed by atoms with Gasteiger partial charge in [-0.05, 0) is 54.3 Å². The molecule has 0 spiro atoms. The van der Waals surface area contributed by atoms with Crippen molar-refractivity contribution in [3.05, 3.63) is 58.9 Å². The smallest absolute Gasteiger partial charge is 0.331 e. The molecule has 1 aromatic heterocycles. The zero-order valence-electron chi connectivity index (χ0n) is 14.9. The second kappa shape index (κ2) is 8.68. The van der Waals surface area contributed by atoms with Gasteiger partial charge in [-0.25, -0.2) is 9.78 Å². The van der Waals surface area contributed by atoms with Crippen LogP contribution in [0.3, 0.4) is 0 Å². The Morgan fingerprint density at radius 3 is 3.04 bits per heavy atom. The molecule has 1 aromatic carbocycles. The first kappa shape index (κ1) is 18.9. The molecular weight excluding hydrogens is 366 g/mol. The van der Waals surface area contributed by atoms with Gasteiger partial charge in [0, 0.05) is 31.6 Å². The first-order valence-corrected chi connectivity index (χ1v) is 9.00. The van der Waals surface area contributed by atoms with E-state index in [1.807, 2.05) is 6.07 Å². The standard InChI is InChI=1S/C20H20ClN3O3/c1-24-11-3-4-15-12-14(6-8-17(15)24)7-9-19(26)27-13-18(25)23-16-5-2-10-22-20(16)21/h2,5-10,12H,3-4,11,13H2,1H3,(H,23,25)/b9-7+. The van der Waals surface area contributed by atoms with E-state index in [1.54, 1.807) is 18.2 Å². The van der Waals surface area contributed by atoms with E-state index in [-0.39, 0.29) is 5.15 Å². The molecule has 0 aliphatic carbocycles. The van der Waals surface area contributed by atoms with Crippen LogP contribution < -0.4 is 10.2 Å². The van der Waals surface area contributed by atoms with Gasteiger partial charge in [0.05, 0.1) is 5.69 Å². The maximum absolute atomic E-state index is 11.8. The fourth-order valence-corrected chi connectivity index (χ4v) is 3.09. The number of aromatic nitrogens is 1. The summed E-state index contributed by atoms with van der Waals surface area (Å²) in [4.78, 5) is 29.8. The average molecular weight is 386 g/mol. The van der Waals surface area contributed by atoms with Gasteiger partial charge in [-0.2, -0.15) is 0 Å². The monoisotopic (exact) mass is 385 g/mol. The van der Waals surface area contributed by atoms with Crippen molar-refractivity contribution in [2.45, 2.75) is 12.8 Å². The van der Waals surface area contributed by atoms with Gasteiger partial charge in [-0.15, -0.1) is 0 Å². The number of ether oxygens (including phenoxy) is 1. The van der Waals surface area contributed by atoms with Gasteiger partial charge in [0.25, 0.3) is 5.91 Å². The minimum atomic E-state index is -0.586. The van der Waals surface area contributed by atoms with Crippen LogP contribution in [0.1, 0.15) is 17.5 Å². The van der Waals surface area contributed by atoms with Crippen molar-refractivity contribution in [1.29, 1.82) is 0 Å². The van der Waals surface area contributed by atoms with Gasteiger partial charge >= 0.3 is 5.97 Å². The number of hydrogen-bond donors (Lipinski definition) is 1. The molecule has 0 radical (unpaired) electrons. The molecule has 2 heterocycles. The number of anilines is 2. The number of hydrogen-bond acceptors (Lipinski definition) is 5. The number of benzene rings is 1. The highest BCUT2D eigenvalue weighted by Crippen LogP contribution is 2.27. The van der Waals surface area contributed by atoms with Crippen LogP contribution in [0.25, 0.3) is 6.08 Å². The molecule has 6 nitrogen and oxygen atoms in total. The van der Waals surface area contributed by atoms with Crippen molar-refractivity contribution in [2.24, 2.45) is 0 Å². The van der Waals surface area contributed by atoms with E-state index < -0.39 is 18.5 Å². The van der Waals surface area contributed by atoms with Gasteiger partial charge in [0.2, 0.25) is 0 Å². The highest BCUT2D eigenvalue weighted by molar-refractivity contribution is 6.32. The summed E-state index contributed by atoms with van der Waals surface area (Å²) in [7, 11) is 2.08. The van der Waals surface area contributed by atoms with Crippen molar-refractivity contribution in [2.75, 3.05) is 30.4 Å². The molecule has 0 bridgehead atoms. The van der Waals surface area contributed by atoms with E-state index >= 15 is 0 Å². The number of esters is 1. The van der Waals surface area contributed by atoms with E-state index in [1.165, 1.54) is 23.5 Å². The maximum Gasteiger partial charge on any atom is 0.331 e. The van der Waals surface area contributed by atoms with Crippen LogP contribution in [0.2, 0.25) is 5.15 Å². The molecule has 27 heavy (non-hydrogen) atoms. The zero-order chi connectivity index (χ0) is 19.2. The number of aryl methyl sites for hydroxylation is 1. The SMILES string of the molecule is CN1CCCc2cc(/C=C/C(=O)OCC(=O)Nc3cccnc3Cl)ccc21. The average Bonchev–Trinajstić information content (AvgIpc) is 2.66. The van der Waals surface area contributed by atoms with Crippen molar-refractivity contribution >= 4 is 40.9 Å². The van der Waals surface area contributed by atoms with E-state index in [2.05, 4.69) is 34.4 Å². The molecule has 2 aromatic rings. The molecule has 3 rings (SSSR count). The van der Waals surface area contributed by atoms with Crippen LogP contribution >= 0.6 is 11.6 Å². The highest BCUT2D eigenvalue weighted by Gasteiger charge is 2.13. The summed E-state index contributed by atoms with van der Waals surface area (Å²) in [6, 6.07) is 9.35. The zero-order valence-corrected chi connectivity index (χ0v) is 15.7. The van der Waals surface area contributed by atoms with E-state index in [9.17, 15) is 9.59 Å². The normalized spacial score (nSPS) is 13.3. The lowest BCUT2D eigenvalue weighted by Gasteiger charge is -2.27. The summed E-state index contributed by atoms with van der Waals surface area (Å²) < 4.78 is 4.96. The van der Waals surface area contributed by atoms with Crippen molar-refractivity contribution < 1.29 is 14.3 Å². The molecule has 0 saturated carbocycles. The van der Waals surface area contributed by atoms with Gasteiger partial charge in [0.1, 0.15) is 0 Å². The Hall–Kier alpha value is -2.86. The lowest BCUT2D eigenvalue weighted by molar-refractivity contribution is -0.142. The Labute approximate surface area is 162 Å². The molecular formula is C20H20ClN3O3. The fourth-order valence-electron chi connectivity index (χ4n) is 2.92. The highest BCUT2D eigenvalue weighted by atomic mass is 35.5. The summed E-state index contributed by atoms with van der Waals surface area (Å²) in [5.41, 5.74) is 3.79. The Morgan fingerprint density at radius 1 is 1.37 bits per heavy atom. The first-order valence-electron chi connectivity index (χ1n) is 8.62. The topological polar surface area (TPSA) is 71.5 Å². The molecule has 0 atom stereocenters. The lowest BCUT2D eigenvalue weighted by atomic mass is 9.99. The Bertz CT molecular complexity index is 883. The summed E-state index contributed by atoms with van der Waals surface area (Å²) in [5.74, 6) is -1.07. The molecule has 0 saturated heterocycles. The quantitative estimate of drug-likeness (QED) is 0.485. The van der Waals surface area contributed by atoms with Crippen molar-refractivity contribution in [3.8, 4) is 0 Å². The van der Waals surface area contributed by atoms with Crippen LogP contribution in [-0.2, 0) is 20.7 Å². The molecule has 1 aliphatic heterocycles. The van der Waals surface area contributed by atoms with E-state index in [4.69, 9.17) is 16.3 Å². The first-order chi connectivity index (χ1) is 13.0. The van der Waals surface area contributed by atoms with Gasteiger partial charge < -0.3 is 15.0 Å². The maximum atomic E-state index is 11.8. The largest absolute Gasteiger partial charge is 0.452 e. The van der Waals surface area contributed by atoms with Gasteiger partial charge in [0.15, 0.2) is 11.8 Å². The van der Waals surface area contributed by atoms with Gasteiger partial charge in [-0.1, -0.05) is 17.7 Å². The molecule has 7 heteroatoms. The van der Waals surface area contributed by atoms with Crippen molar-refractivity contribution in [1.82, 2.24) is 4.98 Å². The van der Waals surface area contributed by atoms with E-state index in [0.717, 1.165) is 24.9 Å². The second-order valence-electron chi connectivity index (χ2n) is 6.24. The summed E-state index contributed by atoms with van der Waals surface area (Å²) in [5, 5.41) is 2.71. The number of halogens is 1. The Morgan fingerprint density at radius 2 is 2.22 bits per heavy atom. The number of carbonyl (C=O) groups excluding carboxylic acids is 2. The third kappa shape index (κ3) is 5.08. The summed E-state index contributed by atoms with van der Waals surface area (Å²) in [6.07, 6.45) is 6.67. The Kier molecular flexibility index (Phi) is 6.08. The van der Waals surface area contributed by atoms with Crippen LogP contribution in [0.5, 0.6) is 0 Å². The number of amides is 1. The minimum absolute atomic E-state index is 0.176. The van der Waals surface area contributed by atoms with Crippen molar-refractivity contribution in [3.63, 3.8) is 0 Å². The molecule has 1 N–H and O–H groups in total. The third-order valence-corrected chi connectivity index (χ3v) is 4.55. The minimum Gasteiger partial charge on any atom is -0.452 e.